The van der Waals surface area contributed by atoms with E-state index in [0.717, 1.165) is 6.42 Å². The van der Waals surface area contributed by atoms with E-state index in [2.05, 4.69) is 10.6 Å². The van der Waals surface area contributed by atoms with Gasteiger partial charge in [0.25, 0.3) is 0 Å². The maximum absolute atomic E-state index is 12.8. The molecule has 10 heteroatoms. The molecule has 0 aromatic rings. The van der Waals surface area contributed by atoms with Crippen LogP contribution >= 0.6 is 0 Å². The normalized spacial score (nSPS) is 23.4. The zero-order chi connectivity index (χ0) is 21.7. The summed E-state index contributed by atoms with van der Waals surface area (Å²) >= 11 is 0. The summed E-state index contributed by atoms with van der Waals surface area (Å²) in [6.07, 6.45) is 2.45. The second-order valence-corrected chi connectivity index (χ2v) is 7.70. The molecule has 0 aliphatic carbocycles. The van der Waals surface area contributed by atoms with E-state index < -0.39 is 30.1 Å². The van der Waals surface area contributed by atoms with E-state index in [0.29, 0.717) is 32.4 Å². The van der Waals surface area contributed by atoms with Crippen molar-refractivity contribution in [2.24, 2.45) is 5.73 Å². The summed E-state index contributed by atoms with van der Waals surface area (Å²) in [7, 11) is 0. The van der Waals surface area contributed by atoms with Crippen molar-refractivity contribution in [3.63, 3.8) is 0 Å². The Morgan fingerprint density at radius 3 is 1.90 bits per heavy atom. The van der Waals surface area contributed by atoms with Crippen LogP contribution in [0.4, 0.5) is 0 Å². The second-order valence-electron chi connectivity index (χ2n) is 7.70. The van der Waals surface area contributed by atoms with Gasteiger partial charge in [-0.2, -0.15) is 0 Å². The Kier molecular flexibility index (Phi) is 7.72. The molecule has 162 valence electrons. The largest absolute Gasteiger partial charge is 0.345 e. The third-order valence-corrected chi connectivity index (χ3v) is 5.47. The van der Waals surface area contributed by atoms with Gasteiger partial charge in [0, 0.05) is 20.0 Å². The van der Waals surface area contributed by atoms with E-state index in [1.54, 1.807) is 13.8 Å². The van der Waals surface area contributed by atoms with Crippen LogP contribution in [0.15, 0.2) is 0 Å². The highest BCUT2D eigenvalue weighted by Crippen LogP contribution is 2.21. The Morgan fingerprint density at radius 1 is 0.897 bits per heavy atom. The molecule has 0 radical (unpaired) electrons. The molecule has 0 unspecified atom stereocenters. The van der Waals surface area contributed by atoms with Crippen molar-refractivity contribution in [3.8, 4) is 0 Å². The number of nitrogens with one attached hydrogen (secondary N) is 2. The highest BCUT2D eigenvalue weighted by Gasteiger charge is 2.39. The molecule has 2 rings (SSSR count). The summed E-state index contributed by atoms with van der Waals surface area (Å²) in [5, 5.41) is 5.22. The first-order chi connectivity index (χ1) is 13.7. The number of rotatable bonds is 7. The van der Waals surface area contributed by atoms with E-state index in [1.807, 2.05) is 0 Å². The summed E-state index contributed by atoms with van der Waals surface area (Å²) in [6, 6.07) is -2.77. The summed E-state index contributed by atoms with van der Waals surface area (Å²) in [5.41, 5.74) is 5.43. The molecule has 4 amide bonds. The van der Waals surface area contributed by atoms with E-state index in [9.17, 15) is 24.0 Å². The van der Waals surface area contributed by atoms with Crippen LogP contribution in [0.2, 0.25) is 0 Å². The van der Waals surface area contributed by atoms with Gasteiger partial charge in [-0.15, -0.1) is 0 Å². The number of hydrogen-bond acceptors (Lipinski definition) is 6. The van der Waals surface area contributed by atoms with Crippen LogP contribution < -0.4 is 16.4 Å². The number of nitrogens with two attached hydrogens (primary N) is 1. The Bertz CT molecular complexity index is 682. The van der Waals surface area contributed by atoms with E-state index in [4.69, 9.17) is 5.73 Å². The molecule has 0 spiro atoms. The van der Waals surface area contributed by atoms with Crippen LogP contribution in [0, 0.1) is 0 Å². The predicted molar refractivity (Wildman–Crippen MR) is 104 cm³/mol. The minimum atomic E-state index is -0.820. The van der Waals surface area contributed by atoms with Crippen molar-refractivity contribution in [1.29, 1.82) is 0 Å². The monoisotopic (exact) mass is 409 g/mol. The molecule has 2 heterocycles. The summed E-state index contributed by atoms with van der Waals surface area (Å²) < 4.78 is 0. The van der Waals surface area contributed by atoms with Gasteiger partial charge in [0.05, 0.1) is 12.6 Å². The van der Waals surface area contributed by atoms with Crippen molar-refractivity contribution in [3.05, 3.63) is 0 Å². The topological polar surface area (TPSA) is 142 Å². The Labute approximate surface area is 170 Å². The molecular weight excluding hydrogens is 378 g/mol. The van der Waals surface area contributed by atoms with Gasteiger partial charge in [-0.05, 0) is 39.5 Å². The predicted octanol–water partition coefficient (Wildman–Crippen LogP) is -1.47. The number of carbonyl (C=O) groups is 5. The molecular formula is C19H31N5O5. The zero-order valence-electron chi connectivity index (χ0n) is 17.3. The summed E-state index contributed by atoms with van der Waals surface area (Å²) in [4.78, 5) is 64.2. The van der Waals surface area contributed by atoms with E-state index >= 15 is 0 Å². The third-order valence-electron chi connectivity index (χ3n) is 5.47. The quantitative estimate of drug-likeness (QED) is 0.468. The number of likely N-dealkylation sites (tertiary alicyclic amines) is 2. The highest BCUT2D eigenvalue weighted by molar-refractivity contribution is 5.96. The summed E-state index contributed by atoms with van der Waals surface area (Å²) in [5.74, 6) is -1.57. The van der Waals surface area contributed by atoms with E-state index in [1.165, 1.54) is 16.7 Å². The Hall–Kier alpha value is -2.49. The molecule has 2 fully saturated rings. The molecule has 2 aliphatic heterocycles. The fraction of sp³-hybridized carbons (Fsp3) is 0.737. The Morgan fingerprint density at radius 2 is 1.38 bits per heavy atom. The molecule has 2 saturated heterocycles. The fourth-order valence-electron chi connectivity index (χ4n) is 4.04. The second kappa shape index (κ2) is 9.82. The molecule has 4 N–H and O–H groups in total. The van der Waals surface area contributed by atoms with E-state index in [-0.39, 0.29) is 30.0 Å². The Balaban J connectivity index is 1.99. The number of carbonyl (C=O) groups excluding carboxylic acids is 5. The van der Waals surface area contributed by atoms with Crippen LogP contribution in [0.5, 0.6) is 0 Å². The lowest BCUT2D eigenvalue weighted by molar-refractivity contribution is -0.143. The number of hydrogen-bond donors (Lipinski definition) is 3. The highest BCUT2D eigenvalue weighted by atomic mass is 16.2. The van der Waals surface area contributed by atoms with Gasteiger partial charge in [-0.25, -0.2) is 0 Å². The minimum absolute atomic E-state index is 0.124. The van der Waals surface area contributed by atoms with Crippen LogP contribution in [0.25, 0.3) is 0 Å². The van der Waals surface area contributed by atoms with Crippen molar-refractivity contribution in [2.75, 3.05) is 19.6 Å². The molecule has 0 aromatic heterocycles. The minimum Gasteiger partial charge on any atom is -0.345 e. The molecule has 29 heavy (non-hydrogen) atoms. The van der Waals surface area contributed by atoms with Crippen molar-refractivity contribution in [1.82, 2.24) is 20.4 Å². The van der Waals surface area contributed by atoms with Gasteiger partial charge in [-0.1, -0.05) is 0 Å². The van der Waals surface area contributed by atoms with Gasteiger partial charge in [0.15, 0.2) is 5.78 Å². The first kappa shape index (κ1) is 22.8. The van der Waals surface area contributed by atoms with Gasteiger partial charge < -0.3 is 26.2 Å². The molecule has 0 bridgehead atoms. The number of ketones is 1. The fourth-order valence-corrected chi connectivity index (χ4v) is 4.04. The van der Waals surface area contributed by atoms with Crippen molar-refractivity contribution >= 4 is 29.4 Å². The number of Topliss-reactive ketones (excluding diaryl/α,β-unsaturated/α-hetero) is 1. The molecule has 10 nitrogen and oxygen atoms in total. The standard InChI is InChI=1S/C19H31N5O5/c1-11(21-13(3)25)18(28)24-9-5-7-15(24)17(27)22-12(2)19(29)23-8-4-6-14(23)16(26)10-20/h11-12,14-15H,4-10,20H2,1-3H3,(H,21,25)(H,22,27)/t11-,12-,14+,15+/m1/s1. The SMILES string of the molecule is CC(=O)N[C@H](C)C(=O)N1CCC[C@H]1C(=O)N[C@H](C)C(=O)N1CCC[C@H]1C(=O)CN. The molecule has 0 saturated carbocycles. The van der Waals surface area contributed by atoms with Crippen LogP contribution in [0.1, 0.15) is 46.5 Å². The number of amides is 4. The molecule has 4 atom stereocenters. The molecule has 2 aliphatic rings. The zero-order valence-corrected chi connectivity index (χ0v) is 17.3. The smallest absolute Gasteiger partial charge is 0.245 e. The van der Waals surface area contributed by atoms with Crippen LogP contribution in [0.3, 0.4) is 0 Å². The average molecular weight is 409 g/mol. The molecule has 0 aromatic carbocycles. The lowest BCUT2D eigenvalue weighted by atomic mass is 10.1. The van der Waals surface area contributed by atoms with Crippen LogP contribution in [-0.2, 0) is 24.0 Å². The maximum Gasteiger partial charge on any atom is 0.245 e. The summed E-state index contributed by atoms with van der Waals surface area (Å²) in [6.45, 7) is 5.22. The number of nitrogens with zero attached hydrogens (tertiary/aromatic N) is 2. The van der Waals surface area contributed by atoms with Gasteiger partial charge in [-0.3, -0.25) is 24.0 Å². The first-order valence-corrected chi connectivity index (χ1v) is 10.1. The third kappa shape index (κ3) is 5.31. The maximum atomic E-state index is 12.8. The van der Waals surface area contributed by atoms with Gasteiger partial charge in [0.1, 0.15) is 18.1 Å². The van der Waals surface area contributed by atoms with Crippen LogP contribution in [-0.4, -0.2) is 83.0 Å². The van der Waals surface area contributed by atoms with Crippen molar-refractivity contribution < 1.29 is 24.0 Å². The lowest BCUT2D eigenvalue weighted by Gasteiger charge is -2.30. The van der Waals surface area contributed by atoms with Gasteiger partial charge in [0.2, 0.25) is 23.6 Å². The van der Waals surface area contributed by atoms with Gasteiger partial charge >= 0.3 is 0 Å². The lowest BCUT2D eigenvalue weighted by Crippen LogP contribution is -2.56. The van der Waals surface area contributed by atoms with Crippen molar-refractivity contribution in [2.45, 2.75) is 70.6 Å². The average Bonchev–Trinajstić information content (AvgIpc) is 3.34. The first-order valence-electron chi connectivity index (χ1n) is 10.1.